The van der Waals surface area contributed by atoms with Crippen LogP contribution >= 0.6 is 0 Å². The second kappa shape index (κ2) is 9.36. The Hall–Kier alpha value is 2.36. The molecule has 0 saturated carbocycles. The SMILES string of the molecule is C1CC[N-]CC1.[Cs+].[SH-]. The number of hydrogen-bond donors (Lipinski definition) is 0. The van der Waals surface area contributed by atoms with Crippen molar-refractivity contribution in [2.24, 2.45) is 0 Å². The van der Waals surface area contributed by atoms with Crippen molar-refractivity contribution >= 4 is 13.5 Å². The van der Waals surface area contributed by atoms with E-state index in [1.54, 1.807) is 0 Å². The first-order chi connectivity index (χ1) is 3.00. The Kier molecular flexibility index (Phi) is 15.2. The molecule has 0 aromatic heterocycles. The molecule has 0 unspecified atom stereocenters. The van der Waals surface area contributed by atoms with Crippen LogP contribution in [0.3, 0.4) is 0 Å². The van der Waals surface area contributed by atoms with Gasteiger partial charge in [-0.2, -0.15) is 0 Å². The van der Waals surface area contributed by atoms with Gasteiger partial charge in [-0.25, -0.2) is 0 Å². The molecule has 1 heterocycles. The van der Waals surface area contributed by atoms with Crippen molar-refractivity contribution in [2.75, 3.05) is 13.1 Å². The zero-order valence-corrected chi connectivity index (χ0v) is 12.6. The molecule has 0 aromatic carbocycles. The van der Waals surface area contributed by atoms with Crippen LogP contribution in [0.4, 0.5) is 0 Å². The Labute approximate surface area is 117 Å². The maximum Gasteiger partial charge on any atom is 1.00 e. The van der Waals surface area contributed by atoms with Crippen molar-refractivity contribution in [3.8, 4) is 0 Å². The van der Waals surface area contributed by atoms with Crippen LogP contribution in [0.1, 0.15) is 19.3 Å². The van der Waals surface area contributed by atoms with Gasteiger partial charge in [0.15, 0.2) is 0 Å². The van der Waals surface area contributed by atoms with Crippen LogP contribution in [-0.2, 0) is 13.5 Å². The van der Waals surface area contributed by atoms with E-state index in [-0.39, 0.29) is 82.4 Å². The molecule has 0 amide bonds. The van der Waals surface area contributed by atoms with Gasteiger partial charge in [-0.05, 0) is 0 Å². The van der Waals surface area contributed by atoms with Crippen LogP contribution in [0.2, 0.25) is 0 Å². The molecule has 0 radical (unpaired) electrons. The summed E-state index contributed by atoms with van der Waals surface area (Å²) < 4.78 is 0. The van der Waals surface area contributed by atoms with Crippen LogP contribution < -0.4 is 68.9 Å². The molecule has 3 heteroatoms. The molecule has 0 N–H and O–H groups in total. The predicted molar refractivity (Wildman–Crippen MR) is 35.7 cm³/mol. The third-order valence-electron chi connectivity index (χ3n) is 1.13. The largest absolute Gasteiger partial charge is 1.00 e. The van der Waals surface area contributed by atoms with Gasteiger partial charge >= 0.3 is 68.9 Å². The van der Waals surface area contributed by atoms with E-state index in [9.17, 15) is 0 Å². The summed E-state index contributed by atoms with van der Waals surface area (Å²) in [6.45, 7) is 2.25. The van der Waals surface area contributed by atoms with Crippen LogP contribution in [-0.4, -0.2) is 13.1 Å². The van der Waals surface area contributed by atoms with E-state index in [1.165, 1.54) is 19.3 Å². The number of rotatable bonds is 0. The summed E-state index contributed by atoms with van der Waals surface area (Å²) in [5.41, 5.74) is 0. The molecule has 1 aliphatic rings. The van der Waals surface area contributed by atoms with Gasteiger partial charge in [0.25, 0.3) is 0 Å². The summed E-state index contributed by atoms with van der Waals surface area (Å²) in [5.74, 6) is 0. The van der Waals surface area contributed by atoms with Crippen molar-refractivity contribution in [3.63, 3.8) is 0 Å². The summed E-state index contributed by atoms with van der Waals surface area (Å²) in [6.07, 6.45) is 4.07. The Morgan fingerprint density at radius 3 is 1.50 bits per heavy atom. The molecular weight excluding hydrogens is 239 g/mol. The van der Waals surface area contributed by atoms with Crippen LogP contribution in [0.5, 0.6) is 0 Å². The van der Waals surface area contributed by atoms with Gasteiger partial charge in [-0.1, -0.05) is 19.3 Å². The number of thiol groups is 1. The van der Waals surface area contributed by atoms with Crippen LogP contribution in [0.15, 0.2) is 0 Å². The molecule has 0 spiro atoms. The van der Waals surface area contributed by atoms with E-state index in [1.807, 2.05) is 0 Å². The number of nitrogens with zero attached hydrogens (tertiary/aromatic N) is 1. The second-order valence-electron chi connectivity index (χ2n) is 1.73. The summed E-state index contributed by atoms with van der Waals surface area (Å²) in [7, 11) is 0. The first-order valence-electron chi connectivity index (χ1n) is 2.63. The summed E-state index contributed by atoms with van der Waals surface area (Å²) in [4.78, 5) is 0. The van der Waals surface area contributed by atoms with E-state index < -0.39 is 0 Å². The minimum atomic E-state index is 0. The van der Waals surface area contributed by atoms with E-state index in [0.717, 1.165) is 13.1 Å². The predicted octanol–water partition coefficient (Wildman–Crippen LogP) is -1.72. The van der Waals surface area contributed by atoms with Gasteiger partial charge < -0.3 is 18.8 Å². The number of piperidine rings is 1. The molecule has 1 nitrogen and oxygen atoms in total. The quantitative estimate of drug-likeness (QED) is 0.368. The Bertz CT molecular complexity index is 27.9. The van der Waals surface area contributed by atoms with E-state index >= 15 is 0 Å². The van der Waals surface area contributed by atoms with Crippen molar-refractivity contribution < 1.29 is 68.9 Å². The Morgan fingerprint density at radius 1 is 0.875 bits per heavy atom. The first-order valence-corrected chi connectivity index (χ1v) is 2.63. The molecule has 1 fully saturated rings. The van der Waals surface area contributed by atoms with Crippen molar-refractivity contribution in [1.29, 1.82) is 0 Å². The molecule has 44 valence electrons. The maximum absolute atomic E-state index is 4.18. The van der Waals surface area contributed by atoms with Gasteiger partial charge in [-0.3, -0.25) is 0 Å². The zero-order chi connectivity index (χ0) is 4.24. The van der Waals surface area contributed by atoms with Crippen LogP contribution in [0.25, 0.3) is 5.32 Å². The third-order valence-corrected chi connectivity index (χ3v) is 1.13. The standard InChI is InChI=1S/C5H10N.Cs.H2S/c1-2-4-6-5-3-1;;/h1-5H2;;1H2/q-1;+1;/p-1. The van der Waals surface area contributed by atoms with Gasteiger partial charge in [-0.15, -0.1) is 13.1 Å². The topological polar surface area (TPSA) is 14.1 Å². The fraction of sp³-hybridized carbons (Fsp3) is 1.00. The van der Waals surface area contributed by atoms with Crippen LogP contribution in [0, 0.1) is 0 Å². The zero-order valence-electron chi connectivity index (χ0n) is 5.43. The summed E-state index contributed by atoms with van der Waals surface area (Å²) in [5, 5.41) is 4.18. The van der Waals surface area contributed by atoms with E-state index in [4.69, 9.17) is 0 Å². The van der Waals surface area contributed by atoms with Gasteiger partial charge in [0.1, 0.15) is 0 Å². The fourth-order valence-corrected chi connectivity index (χ4v) is 0.736. The number of hydrogen-bond acceptors (Lipinski definition) is 1. The van der Waals surface area contributed by atoms with Crippen molar-refractivity contribution in [3.05, 3.63) is 5.32 Å². The monoisotopic (exact) mass is 250 g/mol. The van der Waals surface area contributed by atoms with Gasteiger partial charge in [0.2, 0.25) is 0 Å². The van der Waals surface area contributed by atoms with Crippen molar-refractivity contribution in [1.82, 2.24) is 0 Å². The van der Waals surface area contributed by atoms with Gasteiger partial charge in [0, 0.05) is 0 Å². The minimum Gasteiger partial charge on any atom is -0.813 e. The first kappa shape index (κ1) is 13.0. The average molecular weight is 250 g/mol. The average Bonchev–Trinajstić information content (AvgIpc) is 1.72. The second-order valence-corrected chi connectivity index (χ2v) is 1.73. The molecule has 0 aromatic rings. The maximum atomic E-state index is 4.18. The molecule has 0 atom stereocenters. The molecule has 8 heavy (non-hydrogen) atoms. The molecule has 1 saturated heterocycles. The fourth-order valence-electron chi connectivity index (χ4n) is 0.736. The van der Waals surface area contributed by atoms with Crippen molar-refractivity contribution in [2.45, 2.75) is 19.3 Å². The molecule has 0 aliphatic carbocycles. The third kappa shape index (κ3) is 6.48. The van der Waals surface area contributed by atoms with E-state index in [2.05, 4.69) is 5.32 Å². The van der Waals surface area contributed by atoms with Gasteiger partial charge in [0.05, 0.1) is 0 Å². The molecular formula is C5H11CsNS-. The minimum absolute atomic E-state index is 0. The molecule has 1 rings (SSSR count). The normalized spacial score (nSPS) is 18.0. The summed E-state index contributed by atoms with van der Waals surface area (Å²) in [6, 6.07) is 0. The summed E-state index contributed by atoms with van der Waals surface area (Å²) >= 11 is 0. The Balaban J connectivity index is 0. The molecule has 0 bridgehead atoms. The smallest absolute Gasteiger partial charge is 0.813 e. The molecule has 1 aliphatic heterocycles. The Morgan fingerprint density at radius 2 is 1.38 bits per heavy atom. The van der Waals surface area contributed by atoms with E-state index in [0.29, 0.717) is 0 Å².